The van der Waals surface area contributed by atoms with Crippen LogP contribution in [0.2, 0.25) is 0 Å². The molecule has 3 aromatic heterocycles. The predicted octanol–water partition coefficient (Wildman–Crippen LogP) is 4.54. The standard InChI is InChI=1S/C30H38N10O/c1-20-7-8-23(34-29(41)22-9-10-31-25(16-22)30(3,4)5)17-24(20)35-28-15-21(2)36-40(28)27-18-26(32-19-33-27)37-39-13-11-38(6)12-14-39/h7-10,15-19,35H,11-14H2,1-6H3,(H,34,41)(H,32,33,37). The summed E-state index contributed by atoms with van der Waals surface area (Å²) in [7, 11) is 2.13. The zero-order valence-corrected chi connectivity index (χ0v) is 24.6. The molecule has 5 rings (SSSR count). The van der Waals surface area contributed by atoms with Crippen LogP contribution in [-0.4, -0.2) is 73.8 Å². The van der Waals surface area contributed by atoms with Gasteiger partial charge in [-0.05, 0) is 50.7 Å². The van der Waals surface area contributed by atoms with Crippen LogP contribution < -0.4 is 16.1 Å². The first-order valence-electron chi connectivity index (χ1n) is 13.8. The molecule has 0 aliphatic carbocycles. The van der Waals surface area contributed by atoms with E-state index in [9.17, 15) is 4.79 Å². The molecule has 11 nitrogen and oxygen atoms in total. The summed E-state index contributed by atoms with van der Waals surface area (Å²) >= 11 is 0. The Bertz CT molecular complexity index is 1530. The van der Waals surface area contributed by atoms with Crippen LogP contribution in [0, 0.1) is 13.8 Å². The van der Waals surface area contributed by atoms with Gasteiger partial charge in [0.25, 0.3) is 5.91 Å². The molecule has 11 heteroatoms. The van der Waals surface area contributed by atoms with Crippen molar-refractivity contribution in [3.8, 4) is 5.82 Å². The minimum absolute atomic E-state index is 0.149. The van der Waals surface area contributed by atoms with Gasteiger partial charge in [0.15, 0.2) is 5.82 Å². The molecule has 1 aromatic carbocycles. The molecule has 0 radical (unpaired) electrons. The second kappa shape index (κ2) is 11.6. The lowest BCUT2D eigenvalue weighted by Gasteiger charge is -2.32. The number of piperazine rings is 1. The Kier molecular flexibility index (Phi) is 8.00. The van der Waals surface area contributed by atoms with E-state index >= 15 is 0 Å². The van der Waals surface area contributed by atoms with Gasteiger partial charge >= 0.3 is 0 Å². The van der Waals surface area contributed by atoms with Gasteiger partial charge in [0, 0.05) is 72.6 Å². The molecule has 0 unspecified atom stereocenters. The summed E-state index contributed by atoms with van der Waals surface area (Å²) in [4.78, 5) is 28.7. The largest absolute Gasteiger partial charge is 0.340 e. The third-order valence-electron chi connectivity index (χ3n) is 7.03. The number of hydrogen-bond acceptors (Lipinski definition) is 9. The number of hydrazine groups is 1. The van der Waals surface area contributed by atoms with Crippen LogP contribution in [-0.2, 0) is 5.41 Å². The maximum atomic E-state index is 13.1. The van der Waals surface area contributed by atoms with Gasteiger partial charge in [-0.1, -0.05) is 26.8 Å². The quantitative estimate of drug-likeness (QED) is 0.303. The molecular weight excluding hydrogens is 516 g/mol. The van der Waals surface area contributed by atoms with Crippen LogP contribution in [0.15, 0.2) is 55.0 Å². The van der Waals surface area contributed by atoms with E-state index in [1.165, 1.54) is 0 Å². The van der Waals surface area contributed by atoms with E-state index in [1.54, 1.807) is 23.3 Å². The summed E-state index contributed by atoms with van der Waals surface area (Å²) in [6.07, 6.45) is 3.22. The summed E-state index contributed by atoms with van der Waals surface area (Å²) in [6, 6.07) is 13.2. The number of pyridine rings is 1. The number of amides is 1. The van der Waals surface area contributed by atoms with Gasteiger partial charge < -0.3 is 21.0 Å². The van der Waals surface area contributed by atoms with Gasteiger partial charge in [-0.3, -0.25) is 9.78 Å². The highest BCUT2D eigenvalue weighted by Crippen LogP contribution is 2.27. The molecule has 214 valence electrons. The molecule has 1 amide bonds. The zero-order chi connectivity index (χ0) is 29.1. The summed E-state index contributed by atoms with van der Waals surface area (Å²) in [6.45, 7) is 14.0. The first-order chi connectivity index (χ1) is 19.5. The molecule has 41 heavy (non-hydrogen) atoms. The minimum Gasteiger partial charge on any atom is -0.340 e. The summed E-state index contributed by atoms with van der Waals surface area (Å²) < 4.78 is 1.77. The molecule has 4 aromatic rings. The van der Waals surface area contributed by atoms with E-state index in [0.717, 1.165) is 54.6 Å². The van der Waals surface area contributed by atoms with Crippen molar-refractivity contribution in [2.45, 2.75) is 40.0 Å². The third kappa shape index (κ3) is 6.87. The number of carbonyl (C=O) groups excluding carboxylic acids is 1. The average molecular weight is 555 g/mol. The average Bonchev–Trinajstić information content (AvgIpc) is 3.31. The van der Waals surface area contributed by atoms with E-state index < -0.39 is 0 Å². The number of rotatable bonds is 7. The second-order valence-corrected chi connectivity index (χ2v) is 11.5. The van der Waals surface area contributed by atoms with Crippen LogP contribution in [0.3, 0.4) is 0 Å². The fraction of sp³-hybridized carbons (Fsp3) is 0.367. The van der Waals surface area contributed by atoms with Crippen molar-refractivity contribution in [2.75, 3.05) is 49.3 Å². The molecule has 3 N–H and O–H groups in total. The Labute approximate surface area is 241 Å². The van der Waals surface area contributed by atoms with Gasteiger partial charge in [0.2, 0.25) is 0 Å². The van der Waals surface area contributed by atoms with Gasteiger partial charge in [0.05, 0.1) is 5.69 Å². The Morgan fingerprint density at radius 1 is 0.927 bits per heavy atom. The smallest absolute Gasteiger partial charge is 0.255 e. The van der Waals surface area contributed by atoms with Gasteiger partial charge in [0.1, 0.15) is 18.0 Å². The summed E-state index contributed by atoms with van der Waals surface area (Å²) in [5, 5.41) is 13.4. The number of hydrogen-bond donors (Lipinski definition) is 3. The third-order valence-corrected chi connectivity index (χ3v) is 7.03. The predicted molar refractivity (Wildman–Crippen MR) is 162 cm³/mol. The number of carbonyl (C=O) groups is 1. The van der Waals surface area contributed by atoms with Crippen molar-refractivity contribution in [1.29, 1.82) is 0 Å². The van der Waals surface area contributed by atoms with Crippen LogP contribution >= 0.6 is 0 Å². The lowest BCUT2D eigenvalue weighted by Crippen LogP contribution is -2.47. The van der Waals surface area contributed by atoms with Gasteiger partial charge in [-0.25, -0.2) is 15.0 Å². The molecule has 1 saturated heterocycles. The highest BCUT2D eigenvalue weighted by Gasteiger charge is 2.18. The number of aryl methyl sites for hydroxylation is 2. The fourth-order valence-electron chi connectivity index (χ4n) is 4.53. The molecule has 1 fully saturated rings. The Balaban J connectivity index is 1.34. The number of anilines is 4. The normalized spacial score (nSPS) is 14.6. The van der Waals surface area contributed by atoms with E-state index in [-0.39, 0.29) is 11.3 Å². The lowest BCUT2D eigenvalue weighted by molar-refractivity contribution is 0.102. The summed E-state index contributed by atoms with van der Waals surface area (Å²) in [5.74, 6) is 1.92. The fourth-order valence-corrected chi connectivity index (χ4v) is 4.53. The van der Waals surface area contributed by atoms with E-state index in [2.05, 4.69) is 73.8 Å². The maximum absolute atomic E-state index is 13.1. The van der Waals surface area contributed by atoms with Crippen molar-refractivity contribution in [3.05, 3.63) is 77.5 Å². The first kappa shape index (κ1) is 28.2. The Morgan fingerprint density at radius 2 is 1.71 bits per heavy atom. The zero-order valence-electron chi connectivity index (χ0n) is 24.6. The van der Waals surface area contributed by atoms with Crippen molar-refractivity contribution in [1.82, 2.24) is 34.6 Å². The topological polar surface area (TPSA) is 116 Å². The number of aromatic nitrogens is 5. The van der Waals surface area contributed by atoms with Crippen LogP contribution in [0.4, 0.5) is 23.0 Å². The van der Waals surface area contributed by atoms with Gasteiger partial charge in [-0.2, -0.15) is 9.78 Å². The highest BCUT2D eigenvalue weighted by atomic mass is 16.1. The molecular formula is C30H38N10O. The first-order valence-corrected chi connectivity index (χ1v) is 13.8. The van der Waals surface area contributed by atoms with E-state index in [1.807, 2.05) is 50.2 Å². The minimum atomic E-state index is -0.185. The Hall–Kier alpha value is -4.35. The molecule has 0 spiro atoms. The van der Waals surface area contributed by atoms with Crippen LogP contribution in [0.5, 0.6) is 0 Å². The SMILES string of the molecule is Cc1cc(Nc2cc(NC(=O)c3ccnc(C(C)(C)C)c3)ccc2C)n(-c2cc(NN3CCN(C)CC3)ncn2)n1. The number of benzene rings is 1. The molecule has 1 aliphatic heterocycles. The monoisotopic (exact) mass is 554 g/mol. The molecule has 0 atom stereocenters. The highest BCUT2D eigenvalue weighted by molar-refractivity contribution is 6.04. The van der Waals surface area contributed by atoms with Crippen molar-refractivity contribution >= 4 is 28.9 Å². The number of likely N-dealkylation sites (N-methyl/N-ethyl adjacent to an activating group) is 1. The Morgan fingerprint density at radius 3 is 2.46 bits per heavy atom. The van der Waals surface area contributed by atoms with E-state index in [4.69, 9.17) is 0 Å². The van der Waals surface area contributed by atoms with Crippen LogP contribution in [0.25, 0.3) is 5.82 Å². The van der Waals surface area contributed by atoms with Gasteiger partial charge in [-0.15, -0.1) is 0 Å². The van der Waals surface area contributed by atoms with Crippen molar-refractivity contribution < 1.29 is 4.79 Å². The van der Waals surface area contributed by atoms with E-state index in [0.29, 0.717) is 22.9 Å². The number of nitrogens with one attached hydrogen (secondary N) is 3. The van der Waals surface area contributed by atoms with Crippen LogP contribution in [0.1, 0.15) is 48.1 Å². The molecule has 1 aliphatic rings. The lowest BCUT2D eigenvalue weighted by atomic mass is 9.91. The molecule has 0 bridgehead atoms. The second-order valence-electron chi connectivity index (χ2n) is 11.5. The van der Waals surface area contributed by atoms with Crippen molar-refractivity contribution in [2.24, 2.45) is 0 Å². The molecule has 0 saturated carbocycles. The molecule has 4 heterocycles. The summed E-state index contributed by atoms with van der Waals surface area (Å²) in [5.41, 5.74) is 8.07. The maximum Gasteiger partial charge on any atom is 0.255 e. The number of nitrogens with zero attached hydrogens (tertiary/aromatic N) is 7. The van der Waals surface area contributed by atoms with Crippen molar-refractivity contribution in [3.63, 3.8) is 0 Å².